The van der Waals surface area contributed by atoms with Crippen molar-refractivity contribution in [3.8, 4) is 0 Å². The molecule has 3 nitrogen and oxygen atoms in total. The fourth-order valence-corrected chi connectivity index (χ4v) is 1.29. The Balaban J connectivity index is 2.72. The molecule has 1 aromatic carbocycles. The lowest BCUT2D eigenvalue weighted by atomic mass is 10.2. The van der Waals surface area contributed by atoms with Crippen molar-refractivity contribution in [3.05, 3.63) is 35.9 Å². The first-order valence-electron chi connectivity index (χ1n) is 3.86. The van der Waals surface area contributed by atoms with Gasteiger partial charge in [0.1, 0.15) is 0 Å². The highest BCUT2D eigenvalue weighted by Gasteiger charge is 2.10. The molecule has 1 radical (unpaired) electrons. The van der Waals surface area contributed by atoms with Crippen molar-refractivity contribution in [2.45, 2.75) is 6.54 Å². The highest BCUT2D eigenvalue weighted by atomic mass is 32.2. The van der Waals surface area contributed by atoms with E-state index < -0.39 is 10.0 Å². The third-order valence-electron chi connectivity index (χ3n) is 1.74. The maximum atomic E-state index is 11.1. The Bertz CT molecular complexity index is 358. The molecule has 0 aliphatic heterocycles. The van der Waals surface area contributed by atoms with Crippen LogP contribution in [0.2, 0.25) is 0 Å². The van der Waals surface area contributed by atoms with Crippen LogP contribution >= 0.6 is 0 Å². The summed E-state index contributed by atoms with van der Waals surface area (Å²) in [6.45, 7) is 0.399. The first-order chi connectivity index (χ1) is 6.00. The van der Waals surface area contributed by atoms with Gasteiger partial charge in [-0.3, -0.25) is 0 Å². The average Bonchev–Trinajstić information content (AvgIpc) is 2.04. The Morgan fingerprint density at radius 3 is 2.69 bits per heavy atom. The SMILES string of the molecule is CN(Cc1c[c]ccc1)S(C)(=O)=O. The average molecular weight is 198 g/mol. The minimum Gasteiger partial charge on any atom is -0.213 e. The molecule has 0 N–H and O–H groups in total. The predicted octanol–water partition coefficient (Wildman–Crippen LogP) is 0.878. The first kappa shape index (κ1) is 10.2. The maximum Gasteiger partial charge on any atom is 0.211 e. The zero-order valence-corrected chi connectivity index (χ0v) is 8.50. The van der Waals surface area contributed by atoms with E-state index in [-0.39, 0.29) is 0 Å². The van der Waals surface area contributed by atoms with E-state index in [1.165, 1.54) is 10.6 Å². The van der Waals surface area contributed by atoms with Crippen LogP contribution in [0.15, 0.2) is 24.3 Å². The summed E-state index contributed by atoms with van der Waals surface area (Å²) < 4.78 is 23.4. The van der Waals surface area contributed by atoms with Gasteiger partial charge in [0.25, 0.3) is 0 Å². The molecular formula is C9H12NO2S. The van der Waals surface area contributed by atoms with Gasteiger partial charge in [-0.25, -0.2) is 12.7 Å². The lowest BCUT2D eigenvalue weighted by Crippen LogP contribution is -2.24. The summed E-state index contributed by atoms with van der Waals surface area (Å²) >= 11 is 0. The largest absolute Gasteiger partial charge is 0.213 e. The first-order valence-corrected chi connectivity index (χ1v) is 5.71. The van der Waals surface area contributed by atoms with Crippen LogP contribution in [0.1, 0.15) is 5.56 Å². The van der Waals surface area contributed by atoms with Gasteiger partial charge in [0, 0.05) is 13.6 Å². The van der Waals surface area contributed by atoms with Gasteiger partial charge in [0.2, 0.25) is 10.0 Å². The standard InChI is InChI=1S/C9H12NO2S/c1-10(13(2,11)12)8-9-6-4-3-5-7-9/h3-4,6-7H,8H2,1-2H3. The minimum atomic E-state index is -3.08. The Hall–Kier alpha value is -0.870. The van der Waals surface area contributed by atoms with Gasteiger partial charge in [-0.05, 0) is 17.7 Å². The fraction of sp³-hybridized carbons (Fsp3) is 0.333. The summed E-state index contributed by atoms with van der Waals surface area (Å²) in [5, 5.41) is 0. The third-order valence-corrected chi connectivity index (χ3v) is 3.00. The molecule has 0 unspecified atom stereocenters. The van der Waals surface area contributed by atoms with Crippen LogP contribution in [0.3, 0.4) is 0 Å². The molecule has 0 atom stereocenters. The van der Waals surface area contributed by atoms with Gasteiger partial charge in [0.05, 0.1) is 6.26 Å². The summed E-state index contributed by atoms with van der Waals surface area (Å²) in [6, 6.07) is 10.2. The summed E-state index contributed by atoms with van der Waals surface area (Å²) in [4.78, 5) is 0. The summed E-state index contributed by atoms with van der Waals surface area (Å²) in [7, 11) is -1.52. The van der Waals surface area contributed by atoms with Crippen molar-refractivity contribution in [1.82, 2.24) is 4.31 Å². The van der Waals surface area contributed by atoms with E-state index in [4.69, 9.17) is 0 Å². The molecule has 0 aromatic heterocycles. The molecule has 1 aromatic rings. The van der Waals surface area contributed by atoms with Crippen molar-refractivity contribution in [2.75, 3.05) is 13.3 Å². The molecular weight excluding hydrogens is 186 g/mol. The van der Waals surface area contributed by atoms with E-state index in [1.54, 1.807) is 19.2 Å². The van der Waals surface area contributed by atoms with Gasteiger partial charge in [-0.2, -0.15) is 0 Å². The van der Waals surface area contributed by atoms with Crippen LogP contribution in [0, 0.1) is 6.07 Å². The third kappa shape index (κ3) is 3.16. The Morgan fingerprint density at radius 1 is 1.54 bits per heavy atom. The van der Waals surface area contributed by atoms with E-state index in [1.807, 2.05) is 12.1 Å². The lowest BCUT2D eigenvalue weighted by molar-refractivity contribution is 0.472. The van der Waals surface area contributed by atoms with E-state index >= 15 is 0 Å². The lowest BCUT2D eigenvalue weighted by Gasteiger charge is -2.13. The number of rotatable bonds is 3. The van der Waals surface area contributed by atoms with Crippen LogP contribution in [0.4, 0.5) is 0 Å². The summed E-state index contributed by atoms with van der Waals surface area (Å²) in [6.07, 6.45) is 1.19. The molecule has 0 bridgehead atoms. The second kappa shape index (κ2) is 3.89. The molecule has 0 saturated heterocycles. The molecule has 0 aliphatic carbocycles. The highest BCUT2D eigenvalue weighted by molar-refractivity contribution is 7.88. The number of nitrogens with zero attached hydrogens (tertiary/aromatic N) is 1. The molecule has 0 aliphatic rings. The highest BCUT2D eigenvalue weighted by Crippen LogP contribution is 2.04. The Kier molecular flexibility index (Phi) is 3.06. The molecule has 0 fully saturated rings. The fourth-order valence-electron chi connectivity index (χ4n) is 0.903. The number of sulfonamides is 1. The van der Waals surface area contributed by atoms with Crippen LogP contribution < -0.4 is 0 Å². The van der Waals surface area contributed by atoms with E-state index in [9.17, 15) is 8.42 Å². The second-order valence-corrected chi connectivity index (χ2v) is 5.02. The van der Waals surface area contributed by atoms with Crippen molar-refractivity contribution < 1.29 is 8.42 Å². The van der Waals surface area contributed by atoms with Crippen molar-refractivity contribution >= 4 is 10.0 Å². The normalized spacial score (nSPS) is 11.9. The number of benzene rings is 1. The van der Waals surface area contributed by atoms with E-state index in [2.05, 4.69) is 6.07 Å². The molecule has 0 saturated carbocycles. The number of hydrogen-bond acceptors (Lipinski definition) is 2. The molecule has 0 amide bonds. The van der Waals surface area contributed by atoms with E-state index in [0.717, 1.165) is 5.56 Å². The zero-order valence-electron chi connectivity index (χ0n) is 7.69. The summed E-state index contributed by atoms with van der Waals surface area (Å²) in [5.74, 6) is 0. The molecule has 0 heterocycles. The van der Waals surface area contributed by atoms with Gasteiger partial charge >= 0.3 is 0 Å². The van der Waals surface area contributed by atoms with Gasteiger partial charge in [-0.1, -0.05) is 18.2 Å². The smallest absolute Gasteiger partial charge is 0.211 e. The van der Waals surface area contributed by atoms with Crippen LogP contribution in [0.25, 0.3) is 0 Å². The van der Waals surface area contributed by atoms with Crippen LogP contribution in [-0.2, 0) is 16.6 Å². The van der Waals surface area contributed by atoms with Gasteiger partial charge in [0.15, 0.2) is 0 Å². The molecule has 71 valence electrons. The van der Waals surface area contributed by atoms with Crippen molar-refractivity contribution in [3.63, 3.8) is 0 Å². The quantitative estimate of drug-likeness (QED) is 0.723. The molecule has 0 spiro atoms. The Morgan fingerprint density at radius 2 is 2.23 bits per heavy atom. The van der Waals surface area contributed by atoms with Crippen LogP contribution in [0.5, 0.6) is 0 Å². The minimum absolute atomic E-state index is 0.399. The molecule has 4 heteroatoms. The number of hydrogen-bond donors (Lipinski definition) is 0. The summed E-state index contributed by atoms with van der Waals surface area (Å²) in [5.41, 5.74) is 0.940. The van der Waals surface area contributed by atoms with Crippen molar-refractivity contribution in [1.29, 1.82) is 0 Å². The van der Waals surface area contributed by atoms with Gasteiger partial charge in [-0.15, -0.1) is 0 Å². The van der Waals surface area contributed by atoms with Crippen LogP contribution in [-0.4, -0.2) is 26.0 Å². The molecule has 1 rings (SSSR count). The van der Waals surface area contributed by atoms with Gasteiger partial charge < -0.3 is 0 Å². The zero-order chi connectivity index (χ0) is 9.90. The maximum absolute atomic E-state index is 11.1. The topological polar surface area (TPSA) is 37.4 Å². The second-order valence-electron chi connectivity index (χ2n) is 2.93. The Labute approximate surface area is 79.0 Å². The van der Waals surface area contributed by atoms with Crippen molar-refractivity contribution in [2.24, 2.45) is 0 Å². The monoisotopic (exact) mass is 198 g/mol. The predicted molar refractivity (Wildman–Crippen MR) is 51.6 cm³/mol. The molecule has 13 heavy (non-hydrogen) atoms. The van der Waals surface area contributed by atoms with E-state index in [0.29, 0.717) is 6.54 Å².